The molecule has 5 nitrogen and oxygen atoms in total. The van der Waals surface area contributed by atoms with E-state index in [9.17, 15) is 8.42 Å². The van der Waals surface area contributed by atoms with E-state index in [1.807, 2.05) is 26.8 Å². The molecule has 0 saturated heterocycles. The third-order valence-electron chi connectivity index (χ3n) is 3.70. The highest BCUT2D eigenvalue weighted by Gasteiger charge is 2.32. The van der Waals surface area contributed by atoms with Crippen molar-refractivity contribution in [3.8, 4) is 5.75 Å². The third-order valence-corrected chi connectivity index (χ3v) is 5.30. The fraction of sp³-hybridized carbons (Fsp3) is 0.571. The molecule has 0 aliphatic carbocycles. The van der Waals surface area contributed by atoms with Gasteiger partial charge < -0.3 is 10.5 Å². The van der Waals surface area contributed by atoms with Crippen LogP contribution in [0.1, 0.15) is 32.3 Å². The van der Waals surface area contributed by atoms with Crippen molar-refractivity contribution >= 4 is 10.0 Å². The Kier molecular flexibility index (Phi) is 5.56. The highest BCUT2D eigenvalue weighted by molar-refractivity contribution is 7.89. The summed E-state index contributed by atoms with van der Waals surface area (Å²) in [5.74, 6) is 0.334. The number of methoxy groups -OCH3 is 1. The number of hydrogen-bond donors (Lipinski definition) is 2. The molecule has 20 heavy (non-hydrogen) atoms. The van der Waals surface area contributed by atoms with Crippen LogP contribution in [0.3, 0.4) is 0 Å². The van der Waals surface area contributed by atoms with Gasteiger partial charge >= 0.3 is 0 Å². The zero-order chi connectivity index (χ0) is 15.4. The second-order valence-corrected chi connectivity index (χ2v) is 6.60. The summed E-state index contributed by atoms with van der Waals surface area (Å²) in [5.41, 5.74) is 6.00. The summed E-state index contributed by atoms with van der Waals surface area (Å²) in [6, 6.07) is 5.08. The average molecular weight is 300 g/mol. The molecular formula is C14H24N2O3S. The minimum Gasteiger partial charge on any atom is -0.495 e. The molecule has 0 fully saturated rings. The molecule has 0 aliphatic heterocycles. The Morgan fingerprint density at radius 2 is 1.90 bits per heavy atom. The molecule has 114 valence electrons. The lowest BCUT2D eigenvalue weighted by molar-refractivity contribution is 0.360. The van der Waals surface area contributed by atoms with Crippen molar-refractivity contribution in [3.05, 3.63) is 23.8 Å². The van der Waals surface area contributed by atoms with Crippen molar-refractivity contribution in [2.75, 3.05) is 13.7 Å². The maximum Gasteiger partial charge on any atom is 0.244 e. The van der Waals surface area contributed by atoms with Crippen LogP contribution < -0.4 is 15.2 Å². The van der Waals surface area contributed by atoms with E-state index in [1.54, 1.807) is 12.1 Å². The highest BCUT2D eigenvalue weighted by atomic mass is 32.2. The van der Waals surface area contributed by atoms with E-state index in [2.05, 4.69) is 4.72 Å². The van der Waals surface area contributed by atoms with Crippen LogP contribution in [0.25, 0.3) is 0 Å². The molecule has 0 unspecified atom stereocenters. The van der Waals surface area contributed by atoms with Crippen LogP contribution in [0.15, 0.2) is 23.1 Å². The lowest BCUT2D eigenvalue weighted by Crippen LogP contribution is -2.52. The number of benzene rings is 1. The van der Waals surface area contributed by atoms with Crippen LogP contribution in [0.5, 0.6) is 5.75 Å². The van der Waals surface area contributed by atoms with E-state index in [-0.39, 0.29) is 11.4 Å². The number of aryl methyl sites for hydroxylation is 1. The summed E-state index contributed by atoms with van der Waals surface area (Å²) in [5, 5.41) is 0. The summed E-state index contributed by atoms with van der Waals surface area (Å²) in [7, 11) is -2.22. The molecule has 1 aromatic carbocycles. The third kappa shape index (κ3) is 3.50. The number of rotatable bonds is 7. The molecule has 0 saturated carbocycles. The van der Waals surface area contributed by atoms with Gasteiger partial charge in [-0.3, -0.25) is 0 Å². The Bertz CT molecular complexity index is 543. The molecule has 0 bridgehead atoms. The largest absolute Gasteiger partial charge is 0.495 e. The summed E-state index contributed by atoms with van der Waals surface area (Å²) < 4.78 is 33.1. The minimum absolute atomic E-state index is 0.153. The zero-order valence-corrected chi connectivity index (χ0v) is 13.4. The van der Waals surface area contributed by atoms with E-state index in [0.29, 0.717) is 18.6 Å². The first kappa shape index (κ1) is 16.9. The van der Waals surface area contributed by atoms with Gasteiger partial charge in [0, 0.05) is 12.1 Å². The Morgan fingerprint density at radius 3 is 2.35 bits per heavy atom. The van der Waals surface area contributed by atoms with Gasteiger partial charge in [0.05, 0.1) is 7.11 Å². The van der Waals surface area contributed by atoms with Crippen LogP contribution in [0, 0.1) is 6.92 Å². The highest BCUT2D eigenvalue weighted by Crippen LogP contribution is 2.27. The van der Waals surface area contributed by atoms with E-state index in [4.69, 9.17) is 10.5 Å². The molecule has 0 heterocycles. The molecule has 0 radical (unpaired) electrons. The van der Waals surface area contributed by atoms with Crippen LogP contribution in [-0.2, 0) is 10.0 Å². The molecule has 6 heteroatoms. The standard InChI is InChI=1S/C14H24N2O3S/c1-5-14(6-2,10-15)16-20(17,18)13-9-11(3)7-8-12(13)19-4/h7-9,16H,5-6,10,15H2,1-4H3. The molecule has 1 rings (SSSR count). The lowest BCUT2D eigenvalue weighted by Gasteiger charge is -2.31. The molecule has 0 aromatic heterocycles. The van der Waals surface area contributed by atoms with Crippen molar-refractivity contribution in [2.24, 2.45) is 5.73 Å². The Morgan fingerprint density at radius 1 is 1.30 bits per heavy atom. The van der Waals surface area contributed by atoms with E-state index in [1.165, 1.54) is 7.11 Å². The molecule has 1 aromatic rings. The predicted octanol–water partition coefficient (Wildman–Crippen LogP) is 1.80. The van der Waals surface area contributed by atoms with Crippen molar-refractivity contribution in [3.63, 3.8) is 0 Å². The molecule has 0 spiro atoms. The van der Waals surface area contributed by atoms with Crippen LogP contribution in [-0.4, -0.2) is 27.6 Å². The number of sulfonamides is 1. The first-order chi connectivity index (χ1) is 9.34. The number of hydrogen-bond acceptors (Lipinski definition) is 4. The maximum absolute atomic E-state index is 12.6. The predicted molar refractivity (Wildman–Crippen MR) is 80.4 cm³/mol. The smallest absolute Gasteiger partial charge is 0.244 e. The maximum atomic E-state index is 12.6. The van der Waals surface area contributed by atoms with Gasteiger partial charge in [0.2, 0.25) is 10.0 Å². The van der Waals surface area contributed by atoms with Crippen molar-refractivity contribution in [2.45, 2.75) is 44.0 Å². The molecule has 0 aliphatic rings. The SMILES string of the molecule is CCC(CC)(CN)NS(=O)(=O)c1cc(C)ccc1OC. The van der Waals surface area contributed by atoms with Gasteiger partial charge in [-0.1, -0.05) is 19.9 Å². The van der Waals surface area contributed by atoms with Gasteiger partial charge in [-0.25, -0.2) is 13.1 Å². The van der Waals surface area contributed by atoms with E-state index < -0.39 is 15.6 Å². The Hall–Kier alpha value is -1.11. The van der Waals surface area contributed by atoms with Gasteiger partial charge in [0.25, 0.3) is 0 Å². The van der Waals surface area contributed by atoms with Crippen LogP contribution >= 0.6 is 0 Å². The zero-order valence-electron chi connectivity index (χ0n) is 12.6. The number of ether oxygens (including phenoxy) is 1. The molecule has 3 N–H and O–H groups in total. The van der Waals surface area contributed by atoms with Gasteiger partial charge in [0.1, 0.15) is 10.6 Å². The van der Waals surface area contributed by atoms with Gasteiger partial charge in [-0.2, -0.15) is 0 Å². The fourth-order valence-corrected chi connectivity index (χ4v) is 3.87. The molecule has 0 atom stereocenters. The number of nitrogens with two attached hydrogens (primary N) is 1. The van der Waals surface area contributed by atoms with E-state index >= 15 is 0 Å². The first-order valence-electron chi connectivity index (χ1n) is 6.73. The minimum atomic E-state index is -3.67. The van der Waals surface area contributed by atoms with E-state index in [0.717, 1.165) is 5.56 Å². The second kappa shape index (κ2) is 6.56. The van der Waals surface area contributed by atoms with Gasteiger partial charge in [-0.05, 0) is 37.5 Å². The van der Waals surface area contributed by atoms with Crippen LogP contribution in [0.4, 0.5) is 0 Å². The quantitative estimate of drug-likeness (QED) is 0.804. The molecular weight excluding hydrogens is 276 g/mol. The fourth-order valence-electron chi connectivity index (χ4n) is 2.06. The second-order valence-electron chi connectivity index (χ2n) is 4.95. The topological polar surface area (TPSA) is 81.4 Å². The molecule has 0 amide bonds. The Balaban J connectivity index is 3.27. The van der Waals surface area contributed by atoms with Gasteiger partial charge in [-0.15, -0.1) is 0 Å². The summed E-state index contributed by atoms with van der Waals surface area (Å²) >= 11 is 0. The Labute approximate surface area is 121 Å². The average Bonchev–Trinajstić information content (AvgIpc) is 2.45. The lowest BCUT2D eigenvalue weighted by atomic mass is 9.95. The normalized spacial score (nSPS) is 12.4. The monoisotopic (exact) mass is 300 g/mol. The summed E-state index contributed by atoms with van der Waals surface area (Å²) in [6.07, 6.45) is 1.26. The van der Waals surface area contributed by atoms with Crippen LogP contribution in [0.2, 0.25) is 0 Å². The van der Waals surface area contributed by atoms with Crippen molar-refractivity contribution < 1.29 is 13.2 Å². The summed E-state index contributed by atoms with van der Waals surface area (Å²) in [4.78, 5) is 0.153. The summed E-state index contributed by atoms with van der Waals surface area (Å²) in [6.45, 7) is 5.94. The van der Waals surface area contributed by atoms with Crippen molar-refractivity contribution in [1.29, 1.82) is 0 Å². The first-order valence-corrected chi connectivity index (χ1v) is 8.21. The van der Waals surface area contributed by atoms with Gasteiger partial charge in [0.15, 0.2) is 0 Å². The number of nitrogens with one attached hydrogen (secondary N) is 1. The van der Waals surface area contributed by atoms with Crippen molar-refractivity contribution in [1.82, 2.24) is 4.72 Å².